The molecule has 0 saturated heterocycles. The molecule has 88 valence electrons. The van der Waals surface area contributed by atoms with E-state index in [1.54, 1.807) is 0 Å². The second kappa shape index (κ2) is 5.11. The molecule has 0 saturated carbocycles. The third kappa shape index (κ3) is 2.53. The standard InChI is InChI=1S/C15H17NO/c1-2-12(16)10-15(17)14-9-5-7-11-6-3-4-8-13(11)14/h3-9,12H,2,10,16H2,1H3. The van der Waals surface area contributed by atoms with Crippen LogP contribution in [0.2, 0.25) is 0 Å². The van der Waals surface area contributed by atoms with E-state index in [0.717, 1.165) is 22.8 Å². The van der Waals surface area contributed by atoms with Crippen LogP contribution in [0.1, 0.15) is 30.1 Å². The van der Waals surface area contributed by atoms with E-state index < -0.39 is 0 Å². The van der Waals surface area contributed by atoms with Crippen molar-refractivity contribution in [3.8, 4) is 0 Å². The topological polar surface area (TPSA) is 43.1 Å². The summed E-state index contributed by atoms with van der Waals surface area (Å²) < 4.78 is 0. The lowest BCUT2D eigenvalue weighted by molar-refractivity contribution is 0.0975. The van der Waals surface area contributed by atoms with Gasteiger partial charge in [-0.25, -0.2) is 0 Å². The summed E-state index contributed by atoms with van der Waals surface area (Å²) >= 11 is 0. The van der Waals surface area contributed by atoms with Crippen molar-refractivity contribution < 1.29 is 4.79 Å². The van der Waals surface area contributed by atoms with Gasteiger partial charge in [0, 0.05) is 18.0 Å². The van der Waals surface area contributed by atoms with Gasteiger partial charge in [-0.3, -0.25) is 4.79 Å². The number of hydrogen-bond acceptors (Lipinski definition) is 2. The van der Waals surface area contributed by atoms with Gasteiger partial charge in [-0.1, -0.05) is 49.4 Å². The van der Waals surface area contributed by atoms with E-state index >= 15 is 0 Å². The van der Waals surface area contributed by atoms with E-state index in [4.69, 9.17) is 5.73 Å². The first-order valence-corrected chi connectivity index (χ1v) is 5.99. The molecule has 2 N–H and O–H groups in total. The third-order valence-electron chi connectivity index (χ3n) is 3.06. The first-order valence-electron chi connectivity index (χ1n) is 5.99. The van der Waals surface area contributed by atoms with Crippen LogP contribution in [-0.2, 0) is 0 Å². The highest BCUT2D eigenvalue weighted by Gasteiger charge is 2.12. The molecule has 2 aromatic rings. The summed E-state index contributed by atoms with van der Waals surface area (Å²) in [6, 6.07) is 13.7. The summed E-state index contributed by atoms with van der Waals surface area (Å²) in [6.07, 6.45) is 1.25. The van der Waals surface area contributed by atoms with E-state index in [1.165, 1.54) is 0 Å². The Labute approximate surface area is 101 Å². The number of fused-ring (bicyclic) bond motifs is 1. The van der Waals surface area contributed by atoms with Crippen LogP contribution in [0.4, 0.5) is 0 Å². The molecule has 0 heterocycles. The smallest absolute Gasteiger partial charge is 0.165 e. The van der Waals surface area contributed by atoms with Crippen LogP contribution in [0.3, 0.4) is 0 Å². The summed E-state index contributed by atoms with van der Waals surface area (Å²) in [7, 11) is 0. The van der Waals surface area contributed by atoms with Crippen LogP contribution < -0.4 is 5.73 Å². The molecule has 17 heavy (non-hydrogen) atoms. The molecular formula is C15H17NO. The molecule has 0 aliphatic rings. The predicted molar refractivity (Wildman–Crippen MR) is 71.2 cm³/mol. The predicted octanol–water partition coefficient (Wildman–Crippen LogP) is 3.15. The summed E-state index contributed by atoms with van der Waals surface area (Å²) in [5.41, 5.74) is 6.62. The second-order valence-electron chi connectivity index (χ2n) is 4.32. The molecule has 1 atom stereocenters. The maximum Gasteiger partial charge on any atom is 0.165 e. The van der Waals surface area contributed by atoms with E-state index in [-0.39, 0.29) is 11.8 Å². The van der Waals surface area contributed by atoms with Crippen molar-refractivity contribution in [3.63, 3.8) is 0 Å². The Kier molecular flexibility index (Phi) is 3.55. The maximum absolute atomic E-state index is 12.1. The van der Waals surface area contributed by atoms with E-state index in [2.05, 4.69) is 0 Å². The summed E-state index contributed by atoms with van der Waals surface area (Å²) in [6.45, 7) is 2.00. The van der Waals surface area contributed by atoms with Gasteiger partial charge in [0.05, 0.1) is 0 Å². The Morgan fingerprint density at radius 1 is 1.18 bits per heavy atom. The van der Waals surface area contributed by atoms with Gasteiger partial charge < -0.3 is 5.73 Å². The molecule has 0 aliphatic carbocycles. The Hall–Kier alpha value is -1.67. The van der Waals surface area contributed by atoms with Gasteiger partial charge in [0.2, 0.25) is 0 Å². The molecule has 2 heteroatoms. The minimum absolute atomic E-state index is 0.0403. The van der Waals surface area contributed by atoms with Crippen molar-refractivity contribution in [2.75, 3.05) is 0 Å². The monoisotopic (exact) mass is 227 g/mol. The van der Waals surface area contributed by atoms with Crippen LogP contribution in [0, 0.1) is 0 Å². The molecule has 0 aliphatic heterocycles. The lowest BCUT2D eigenvalue weighted by atomic mass is 9.97. The lowest BCUT2D eigenvalue weighted by Gasteiger charge is -2.09. The van der Waals surface area contributed by atoms with Crippen LogP contribution in [0.5, 0.6) is 0 Å². The fraction of sp³-hybridized carbons (Fsp3) is 0.267. The average Bonchev–Trinajstić information content (AvgIpc) is 2.37. The van der Waals surface area contributed by atoms with Gasteiger partial charge in [0.25, 0.3) is 0 Å². The number of hydrogen-bond donors (Lipinski definition) is 1. The van der Waals surface area contributed by atoms with Gasteiger partial charge in [0.1, 0.15) is 0 Å². The molecule has 2 rings (SSSR count). The fourth-order valence-corrected chi connectivity index (χ4v) is 1.96. The van der Waals surface area contributed by atoms with Crippen LogP contribution in [0.15, 0.2) is 42.5 Å². The van der Waals surface area contributed by atoms with E-state index in [0.29, 0.717) is 6.42 Å². The number of carbonyl (C=O) groups excluding carboxylic acids is 1. The zero-order chi connectivity index (χ0) is 12.3. The molecule has 0 radical (unpaired) electrons. The SMILES string of the molecule is CCC(N)CC(=O)c1cccc2ccccc12. The normalized spacial score (nSPS) is 12.6. The Balaban J connectivity index is 2.38. The van der Waals surface area contributed by atoms with Gasteiger partial charge in [0.15, 0.2) is 5.78 Å². The van der Waals surface area contributed by atoms with Gasteiger partial charge >= 0.3 is 0 Å². The minimum Gasteiger partial charge on any atom is -0.327 e. The molecular weight excluding hydrogens is 210 g/mol. The summed E-state index contributed by atoms with van der Waals surface area (Å²) in [5.74, 6) is 0.135. The molecule has 0 aromatic heterocycles. The fourth-order valence-electron chi connectivity index (χ4n) is 1.96. The van der Waals surface area contributed by atoms with Crippen molar-refractivity contribution in [2.24, 2.45) is 5.73 Å². The summed E-state index contributed by atoms with van der Waals surface area (Å²) in [4.78, 5) is 12.1. The number of Topliss-reactive ketones (excluding diaryl/α,β-unsaturated/α-hetero) is 1. The van der Waals surface area contributed by atoms with Crippen molar-refractivity contribution in [1.82, 2.24) is 0 Å². The quantitative estimate of drug-likeness (QED) is 0.815. The van der Waals surface area contributed by atoms with Gasteiger partial charge in [-0.15, -0.1) is 0 Å². The van der Waals surface area contributed by atoms with Crippen molar-refractivity contribution >= 4 is 16.6 Å². The number of rotatable bonds is 4. The molecule has 2 aromatic carbocycles. The van der Waals surface area contributed by atoms with E-state index in [9.17, 15) is 4.79 Å². The average molecular weight is 227 g/mol. The highest BCUT2D eigenvalue weighted by atomic mass is 16.1. The van der Waals surface area contributed by atoms with Crippen molar-refractivity contribution in [2.45, 2.75) is 25.8 Å². The highest BCUT2D eigenvalue weighted by Crippen LogP contribution is 2.20. The number of carbonyl (C=O) groups is 1. The third-order valence-corrected chi connectivity index (χ3v) is 3.06. The van der Waals surface area contributed by atoms with Crippen molar-refractivity contribution in [3.05, 3.63) is 48.0 Å². The van der Waals surface area contributed by atoms with Gasteiger partial charge in [-0.2, -0.15) is 0 Å². The molecule has 2 nitrogen and oxygen atoms in total. The number of nitrogens with two attached hydrogens (primary N) is 1. The zero-order valence-corrected chi connectivity index (χ0v) is 10.0. The molecule has 0 fully saturated rings. The first-order chi connectivity index (χ1) is 8.22. The Morgan fingerprint density at radius 3 is 2.65 bits per heavy atom. The van der Waals surface area contributed by atoms with Crippen LogP contribution >= 0.6 is 0 Å². The zero-order valence-electron chi connectivity index (χ0n) is 10.0. The first kappa shape index (κ1) is 11.8. The Bertz CT molecular complexity index is 528. The lowest BCUT2D eigenvalue weighted by Crippen LogP contribution is -2.22. The largest absolute Gasteiger partial charge is 0.327 e. The molecule has 0 spiro atoms. The molecule has 0 bridgehead atoms. The van der Waals surface area contributed by atoms with Crippen LogP contribution in [-0.4, -0.2) is 11.8 Å². The highest BCUT2D eigenvalue weighted by molar-refractivity contribution is 6.08. The number of benzene rings is 2. The second-order valence-corrected chi connectivity index (χ2v) is 4.32. The van der Waals surface area contributed by atoms with Crippen LogP contribution in [0.25, 0.3) is 10.8 Å². The summed E-state index contributed by atoms with van der Waals surface area (Å²) in [5, 5.41) is 2.12. The molecule has 0 amide bonds. The Morgan fingerprint density at radius 2 is 1.88 bits per heavy atom. The van der Waals surface area contributed by atoms with E-state index in [1.807, 2.05) is 49.4 Å². The van der Waals surface area contributed by atoms with Crippen molar-refractivity contribution in [1.29, 1.82) is 0 Å². The molecule has 1 unspecified atom stereocenters. The van der Waals surface area contributed by atoms with Gasteiger partial charge in [-0.05, 0) is 17.2 Å². The maximum atomic E-state index is 12.1. The minimum atomic E-state index is -0.0403. The number of ketones is 1.